The van der Waals surface area contributed by atoms with Crippen LogP contribution in [0.1, 0.15) is 0 Å². The Labute approximate surface area is 133 Å². The number of fused-ring (bicyclic) bond motifs is 1. The van der Waals surface area contributed by atoms with Crippen molar-refractivity contribution in [3.63, 3.8) is 0 Å². The third kappa shape index (κ3) is 2.15. The van der Waals surface area contributed by atoms with E-state index in [2.05, 4.69) is 20.3 Å². The second-order valence-electron chi connectivity index (χ2n) is 4.46. The number of nitrogens with zero attached hydrogens (tertiary/aromatic N) is 5. The Hall–Kier alpha value is -2.38. The normalized spacial score (nSPS) is 11.2. The van der Waals surface area contributed by atoms with Crippen LogP contribution in [0, 0.1) is 5.82 Å². The number of aromatic nitrogens is 5. The first-order chi connectivity index (χ1) is 10.7. The van der Waals surface area contributed by atoms with Crippen molar-refractivity contribution in [2.75, 3.05) is 0 Å². The van der Waals surface area contributed by atoms with Crippen LogP contribution in [0.15, 0.2) is 42.6 Å². The van der Waals surface area contributed by atoms with Crippen molar-refractivity contribution < 1.29 is 4.39 Å². The quantitative estimate of drug-likeness (QED) is 0.562. The average molecular weight is 332 g/mol. The maximum atomic E-state index is 13.4. The van der Waals surface area contributed by atoms with Crippen LogP contribution < -0.4 is 0 Å². The Balaban J connectivity index is 1.89. The molecule has 0 radical (unpaired) electrons. The molecule has 22 heavy (non-hydrogen) atoms. The lowest BCUT2D eigenvalue weighted by atomic mass is 10.2. The van der Waals surface area contributed by atoms with Gasteiger partial charge < -0.3 is 0 Å². The summed E-state index contributed by atoms with van der Waals surface area (Å²) in [6, 6.07) is 9.68. The van der Waals surface area contributed by atoms with E-state index in [0.717, 1.165) is 0 Å². The van der Waals surface area contributed by atoms with Gasteiger partial charge in [0.05, 0.1) is 5.02 Å². The summed E-state index contributed by atoms with van der Waals surface area (Å²) in [5, 5.41) is 13.6. The fraction of sp³-hybridized carbons (Fsp3) is 0. The Morgan fingerprint density at radius 2 is 2.05 bits per heavy atom. The SMILES string of the molecule is Fc1ccc(Cl)c(-c2nn3c(-c4ccccn4)nnc3s2)c1. The van der Waals surface area contributed by atoms with Gasteiger partial charge in [0.2, 0.25) is 10.8 Å². The third-order valence-corrected chi connectivity index (χ3v) is 4.31. The summed E-state index contributed by atoms with van der Waals surface area (Å²) in [6.45, 7) is 0. The minimum Gasteiger partial charge on any atom is -0.253 e. The maximum Gasteiger partial charge on any atom is 0.235 e. The van der Waals surface area contributed by atoms with Crippen molar-refractivity contribution in [2.24, 2.45) is 0 Å². The molecule has 0 aliphatic heterocycles. The van der Waals surface area contributed by atoms with E-state index in [9.17, 15) is 4.39 Å². The Morgan fingerprint density at radius 1 is 1.14 bits per heavy atom. The second kappa shape index (κ2) is 5.11. The predicted molar refractivity (Wildman–Crippen MR) is 82.3 cm³/mol. The van der Waals surface area contributed by atoms with Gasteiger partial charge in [-0.2, -0.15) is 9.61 Å². The lowest BCUT2D eigenvalue weighted by molar-refractivity contribution is 0.628. The minimum absolute atomic E-state index is 0.365. The van der Waals surface area contributed by atoms with Crippen molar-refractivity contribution in [3.8, 4) is 22.1 Å². The lowest BCUT2D eigenvalue weighted by Gasteiger charge is -1.99. The number of benzene rings is 1. The first-order valence-electron chi connectivity index (χ1n) is 6.31. The number of pyridine rings is 1. The van der Waals surface area contributed by atoms with Gasteiger partial charge >= 0.3 is 0 Å². The molecule has 1 aromatic carbocycles. The van der Waals surface area contributed by atoms with Gasteiger partial charge in [-0.15, -0.1) is 10.2 Å². The number of hydrogen-bond acceptors (Lipinski definition) is 5. The largest absolute Gasteiger partial charge is 0.253 e. The topological polar surface area (TPSA) is 56.0 Å². The molecule has 0 aliphatic rings. The zero-order valence-electron chi connectivity index (χ0n) is 10.9. The molecule has 5 nitrogen and oxygen atoms in total. The molecule has 4 aromatic rings. The van der Waals surface area contributed by atoms with Crippen LogP contribution in [0.4, 0.5) is 4.39 Å². The van der Waals surface area contributed by atoms with Gasteiger partial charge in [0.15, 0.2) is 0 Å². The van der Waals surface area contributed by atoms with Crippen LogP contribution >= 0.6 is 22.9 Å². The van der Waals surface area contributed by atoms with Crippen LogP contribution in [0.2, 0.25) is 5.02 Å². The van der Waals surface area contributed by atoms with Crippen LogP contribution in [0.25, 0.3) is 27.1 Å². The average Bonchev–Trinajstić information content (AvgIpc) is 3.10. The zero-order valence-corrected chi connectivity index (χ0v) is 12.5. The summed E-state index contributed by atoms with van der Waals surface area (Å²) < 4.78 is 15.0. The summed E-state index contributed by atoms with van der Waals surface area (Å²) in [7, 11) is 0. The summed E-state index contributed by atoms with van der Waals surface area (Å²) in [6.07, 6.45) is 1.67. The molecule has 0 spiro atoms. The molecule has 0 atom stereocenters. The van der Waals surface area contributed by atoms with Gasteiger partial charge in [-0.05, 0) is 30.3 Å². The molecular formula is C14H7ClFN5S. The van der Waals surface area contributed by atoms with Gasteiger partial charge in [-0.3, -0.25) is 4.98 Å². The Kier molecular flexibility index (Phi) is 3.09. The molecule has 0 saturated heterocycles. The summed E-state index contributed by atoms with van der Waals surface area (Å²) in [5.41, 5.74) is 1.20. The van der Waals surface area contributed by atoms with E-state index in [-0.39, 0.29) is 5.82 Å². The number of rotatable bonds is 2. The highest BCUT2D eigenvalue weighted by Gasteiger charge is 2.16. The second-order valence-corrected chi connectivity index (χ2v) is 5.83. The first-order valence-corrected chi connectivity index (χ1v) is 7.51. The Morgan fingerprint density at radius 3 is 2.86 bits per heavy atom. The molecule has 3 heterocycles. The monoisotopic (exact) mass is 331 g/mol. The molecule has 4 rings (SSSR count). The molecule has 3 aromatic heterocycles. The van der Waals surface area contributed by atoms with Gasteiger partial charge in [0, 0.05) is 11.8 Å². The van der Waals surface area contributed by atoms with Crippen LogP contribution in [-0.2, 0) is 0 Å². The smallest absolute Gasteiger partial charge is 0.235 e. The molecule has 0 fully saturated rings. The summed E-state index contributed by atoms with van der Waals surface area (Å²) in [4.78, 5) is 4.83. The summed E-state index contributed by atoms with van der Waals surface area (Å²) in [5.74, 6) is 0.168. The maximum absolute atomic E-state index is 13.4. The molecule has 0 unspecified atom stereocenters. The van der Waals surface area contributed by atoms with Crippen LogP contribution in [0.3, 0.4) is 0 Å². The highest BCUT2D eigenvalue weighted by molar-refractivity contribution is 7.19. The standard InChI is InChI=1S/C14H7ClFN5S/c15-10-5-4-8(16)7-9(10)13-20-21-12(18-19-14(21)22-13)11-3-1-2-6-17-11/h1-7H. The molecule has 8 heteroatoms. The minimum atomic E-state index is -0.365. The fourth-order valence-corrected chi connectivity index (χ4v) is 3.17. The van der Waals surface area contributed by atoms with Gasteiger partial charge in [0.1, 0.15) is 16.5 Å². The number of hydrogen-bond donors (Lipinski definition) is 0. The highest BCUT2D eigenvalue weighted by Crippen LogP contribution is 2.32. The molecule has 0 N–H and O–H groups in total. The molecule has 0 aliphatic carbocycles. The highest BCUT2D eigenvalue weighted by atomic mass is 35.5. The predicted octanol–water partition coefficient (Wildman–Crippen LogP) is 3.71. The lowest BCUT2D eigenvalue weighted by Crippen LogP contribution is -1.93. The van der Waals surface area contributed by atoms with Crippen molar-refractivity contribution in [3.05, 3.63) is 53.4 Å². The molecular weight excluding hydrogens is 325 g/mol. The molecule has 0 saturated carbocycles. The molecule has 0 amide bonds. The summed E-state index contributed by atoms with van der Waals surface area (Å²) >= 11 is 7.41. The molecule has 0 bridgehead atoms. The zero-order chi connectivity index (χ0) is 15.1. The van der Waals surface area contributed by atoms with Gasteiger partial charge in [0.25, 0.3) is 0 Å². The van der Waals surface area contributed by atoms with E-state index in [0.29, 0.717) is 32.1 Å². The van der Waals surface area contributed by atoms with E-state index in [1.807, 2.05) is 18.2 Å². The van der Waals surface area contributed by atoms with Crippen molar-refractivity contribution in [1.82, 2.24) is 24.8 Å². The van der Waals surface area contributed by atoms with E-state index >= 15 is 0 Å². The van der Waals surface area contributed by atoms with E-state index in [1.165, 1.54) is 29.5 Å². The van der Waals surface area contributed by atoms with Crippen LogP contribution in [0.5, 0.6) is 0 Å². The molecule has 108 valence electrons. The fourth-order valence-electron chi connectivity index (χ4n) is 2.04. The Bertz CT molecular complexity index is 966. The number of halogens is 2. The van der Waals surface area contributed by atoms with Crippen molar-refractivity contribution >= 4 is 27.9 Å². The van der Waals surface area contributed by atoms with E-state index in [4.69, 9.17) is 11.6 Å². The van der Waals surface area contributed by atoms with Crippen molar-refractivity contribution in [1.29, 1.82) is 0 Å². The third-order valence-electron chi connectivity index (χ3n) is 3.04. The van der Waals surface area contributed by atoms with E-state index < -0.39 is 0 Å². The van der Waals surface area contributed by atoms with E-state index in [1.54, 1.807) is 10.7 Å². The van der Waals surface area contributed by atoms with Crippen molar-refractivity contribution in [2.45, 2.75) is 0 Å². The van der Waals surface area contributed by atoms with Gasteiger partial charge in [-0.1, -0.05) is 29.0 Å². The van der Waals surface area contributed by atoms with Crippen LogP contribution in [-0.4, -0.2) is 24.8 Å². The van der Waals surface area contributed by atoms with Gasteiger partial charge in [-0.25, -0.2) is 4.39 Å². The first kappa shape index (κ1) is 13.3.